The fraction of sp³-hybridized carbons (Fsp3) is 0.300. The van der Waals surface area contributed by atoms with Crippen LogP contribution in [0.1, 0.15) is 31.7 Å². The highest BCUT2D eigenvalue weighted by Gasteiger charge is 2.21. The van der Waals surface area contributed by atoms with E-state index in [0.717, 1.165) is 24.0 Å². The number of amidine groups is 1. The fourth-order valence-electron chi connectivity index (χ4n) is 2.63. The molecule has 2 aromatic carbocycles. The Morgan fingerprint density at radius 3 is 2.37 bits per heavy atom. The zero-order valence-electron chi connectivity index (χ0n) is 15.4. The van der Waals surface area contributed by atoms with Gasteiger partial charge in [-0.3, -0.25) is 9.62 Å². The zero-order chi connectivity index (χ0) is 20.0. The van der Waals surface area contributed by atoms with Crippen LogP contribution in [-0.4, -0.2) is 33.5 Å². The maximum atomic E-state index is 12.2. The first-order valence-corrected chi connectivity index (χ1v) is 10.2. The van der Waals surface area contributed by atoms with Gasteiger partial charge in [0.25, 0.3) is 0 Å². The molecule has 0 radical (unpaired) electrons. The smallest absolute Gasteiger partial charge is 0.344 e. The first-order chi connectivity index (χ1) is 12.8. The van der Waals surface area contributed by atoms with Crippen molar-refractivity contribution in [2.45, 2.75) is 37.2 Å². The minimum atomic E-state index is -1.34. The van der Waals surface area contributed by atoms with Crippen molar-refractivity contribution in [2.24, 2.45) is 5.73 Å². The van der Waals surface area contributed by atoms with E-state index < -0.39 is 22.9 Å². The van der Waals surface area contributed by atoms with Crippen LogP contribution in [0.25, 0.3) is 11.1 Å². The standard InChI is InChI=1S/C20H24N2O4S/c1-3-4-5-17(20(23)24)26-16-11-10-15(12-18(16)27(2)25)13-6-8-14(9-7-13)19(21)22/h6-12,17H,3-5H2,1-2H3,(H3,21,22)(H,23,24). The number of carboxylic acids is 1. The Morgan fingerprint density at radius 1 is 1.22 bits per heavy atom. The van der Waals surface area contributed by atoms with E-state index in [1.54, 1.807) is 30.3 Å². The molecule has 0 aliphatic heterocycles. The molecule has 0 bridgehead atoms. The molecular weight excluding hydrogens is 364 g/mol. The highest BCUT2D eigenvalue weighted by molar-refractivity contribution is 7.84. The van der Waals surface area contributed by atoms with Gasteiger partial charge in [0.05, 0.1) is 15.7 Å². The Bertz CT molecular complexity index is 850. The van der Waals surface area contributed by atoms with E-state index >= 15 is 0 Å². The van der Waals surface area contributed by atoms with Crippen LogP contribution in [0.3, 0.4) is 0 Å². The number of carbonyl (C=O) groups is 1. The largest absolute Gasteiger partial charge is 0.479 e. The monoisotopic (exact) mass is 388 g/mol. The second kappa shape index (κ2) is 9.32. The van der Waals surface area contributed by atoms with Crippen molar-refractivity contribution >= 4 is 22.6 Å². The maximum Gasteiger partial charge on any atom is 0.344 e. The second-order valence-electron chi connectivity index (χ2n) is 6.19. The molecule has 0 fully saturated rings. The van der Waals surface area contributed by atoms with Crippen LogP contribution in [0.2, 0.25) is 0 Å². The van der Waals surface area contributed by atoms with Gasteiger partial charge in [0, 0.05) is 11.8 Å². The number of hydrogen-bond donors (Lipinski definition) is 3. The molecule has 2 rings (SSSR count). The highest BCUT2D eigenvalue weighted by atomic mass is 32.2. The molecule has 4 N–H and O–H groups in total. The zero-order valence-corrected chi connectivity index (χ0v) is 16.2. The number of unbranched alkanes of at least 4 members (excludes halogenated alkanes) is 1. The third kappa shape index (κ3) is 5.40. The van der Waals surface area contributed by atoms with Gasteiger partial charge in [0.1, 0.15) is 11.6 Å². The number of nitrogens with two attached hydrogens (primary N) is 1. The first kappa shape index (κ1) is 20.6. The Hall–Kier alpha value is -2.67. The fourth-order valence-corrected chi connectivity index (χ4v) is 3.32. The van der Waals surface area contributed by atoms with Crippen molar-refractivity contribution in [3.8, 4) is 16.9 Å². The molecule has 2 unspecified atom stereocenters. The third-order valence-electron chi connectivity index (χ3n) is 4.15. The van der Waals surface area contributed by atoms with Crippen molar-refractivity contribution in [1.82, 2.24) is 0 Å². The van der Waals surface area contributed by atoms with Gasteiger partial charge in [-0.05, 0) is 36.1 Å². The molecule has 0 aliphatic rings. The molecule has 0 aliphatic carbocycles. The van der Waals surface area contributed by atoms with E-state index in [1.807, 2.05) is 19.1 Å². The summed E-state index contributed by atoms with van der Waals surface area (Å²) in [6.07, 6.45) is 2.58. The van der Waals surface area contributed by atoms with E-state index in [0.29, 0.717) is 22.6 Å². The molecule has 0 spiro atoms. The molecule has 0 heterocycles. The van der Waals surface area contributed by atoms with E-state index in [-0.39, 0.29) is 5.84 Å². The number of nitrogens with one attached hydrogen (secondary N) is 1. The average Bonchev–Trinajstić information content (AvgIpc) is 2.64. The van der Waals surface area contributed by atoms with Gasteiger partial charge in [0.15, 0.2) is 6.10 Å². The number of carboxylic acid groups (broad SMARTS) is 1. The summed E-state index contributed by atoms with van der Waals surface area (Å²) in [5.41, 5.74) is 7.79. The van der Waals surface area contributed by atoms with Crippen LogP contribution in [0.5, 0.6) is 5.75 Å². The summed E-state index contributed by atoms with van der Waals surface area (Å²) in [6, 6.07) is 12.4. The molecule has 6 nitrogen and oxygen atoms in total. The highest BCUT2D eigenvalue weighted by Crippen LogP contribution is 2.30. The van der Waals surface area contributed by atoms with Crippen molar-refractivity contribution < 1.29 is 18.8 Å². The van der Waals surface area contributed by atoms with Gasteiger partial charge < -0.3 is 15.6 Å². The number of ether oxygens (including phenoxy) is 1. The van der Waals surface area contributed by atoms with Crippen LogP contribution < -0.4 is 10.5 Å². The quantitative estimate of drug-likeness (QED) is 0.450. The molecule has 0 aromatic heterocycles. The summed E-state index contributed by atoms with van der Waals surface area (Å²) >= 11 is 0. The maximum absolute atomic E-state index is 12.2. The summed E-state index contributed by atoms with van der Waals surface area (Å²) < 4.78 is 17.9. The minimum absolute atomic E-state index is 0.00700. The van der Waals surface area contributed by atoms with Crippen molar-refractivity contribution in [3.63, 3.8) is 0 Å². The van der Waals surface area contributed by atoms with Gasteiger partial charge in [0.2, 0.25) is 0 Å². The van der Waals surface area contributed by atoms with E-state index in [9.17, 15) is 14.1 Å². The Balaban J connectivity index is 2.34. The van der Waals surface area contributed by atoms with Crippen LogP contribution in [0.4, 0.5) is 0 Å². The van der Waals surface area contributed by atoms with Crippen molar-refractivity contribution in [3.05, 3.63) is 48.0 Å². The van der Waals surface area contributed by atoms with Crippen LogP contribution in [-0.2, 0) is 15.6 Å². The lowest BCUT2D eigenvalue weighted by Gasteiger charge is -2.17. The first-order valence-electron chi connectivity index (χ1n) is 8.65. The molecule has 0 amide bonds. The summed E-state index contributed by atoms with van der Waals surface area (Å²) in [4.78, 5) is 11.9. The topological polar surface area (TPSA) is 113 Å². The summed E-state index contributed by atoms with van der Waals surface area (Å²) in [6.45, 7) is 1.98. The second-order valence-corrected chi connectivity index (χ2v) is 7.54. The summed E-state index contributed by atoms with van der Waals surface area (Å²) in [5, 5.41) is 16.8. The van der Waals surface area contributed by atoms with Gasteiger partial charge in [-0.25, -0.2) is 4.79 Å². The van der Waals surface area contributed by atoms with Crippen LogP contribution >= 0.6 is 0 Å². The minimum Gasteiger partial charge on any atom is -0.479 e. The van der Waals surface area contributed by atoms with Gasteiger partial charge in [-0.15, -0.1) is 0 Å². The van der Waals surface area contributed by atoms with E-state index in [4.69, 9.17) is 15.9 Å². The molecular formula is C20H24N2O4S. The predicted molar refractivity (Wildman–Crippen MR) is 107 cm³/mol. The number of aliphatic carboxylic acids is 1. The summed E-state index contributed by atoms with van der Waals surface area (Å²) in [5.74, 6) is -0.712. The van der Waals surface area contributed by atoms with Gasteiger partial charge >= 0.3 is 5.97 Å². The van der Waals surface area contributed by atoms with Gasteiger partial charge in [-0.1, -0.05) is 43.7 Å². The normalized spacial score (nSPS) is 13.0. The summed E-state index contributed by atoms with van der Waals surface area (Å²) in [7, 11) is -1.34. The lowest BCUT2D eigenvalue weighted by Crippen LogP contribution is -2.27. The Morgan fingerprint density at radius 2 is 1.85 bits per heavy atom. The van der Waals surface area contributed by atoms with Crippen molar-refractivity contribution in [1.29, 1.82) is 5.41 Å². The average molecular weight is 388 g/mol. The molecule has 2 aromatic rings. The molecule has 27 heavy (non-hydrogen) atoms. The lowest BCUT2D eigenvalue weighted by atomic mass is 10.0. The number of benzene rings is 2. The van der Waals surface area contributed by atoms with Crippen LogP contribution in [0, 0.1) is 5.41 Å². The van der Waals surface area contributed by atoms with Crippen LogP contribution in [0.15, 0.2) is 47.4 Å². The number of hydrogen-bond acceptors (Lipinski definition) is 4. The van der Waals surface area contributed by atoms with Gasteiger partial charge in [-0.2, -0.15) is 0 Å². The third-order valence-corrected chi connectivity index (χ3v) is 5.09. The number of nitrogen functional groups attached to an aromatic ring is 1. The Kier molecular flexibility index (Phi) is 7.12. The van der Waals surface area contributed by atoms with E-state index in [2.05, 4.69) is 0 Å². The molecule has 0 saturated heterocycles. The Labute approximate surface area is 161 Å². The predicted octanol–water partition coefficient (Wildman–Crippen LogP) is 3.40. The molecule has 144 valence electrons. The number of rotatable bonds is 9. The van der Waals surface area contributed by atoms with Crippen molar-refractivity contribution in [2.75, 3.05) is 6.26 Å². The molecule has 2 atom stereocenters. The molecule has 0 saturated carbocycles. The van der Waals surface area contributed by atoms with E-state index in [1.165, 1.54) is 6.26 Å². The molecule has 7 heteroatoms. The SMILES string of the molecule is CCCCC(Oc1ccc(-c2ccc(C(=N)N)cc2)cc1S(C)=O)C(=O)O. The lowest BCUT2D eigenvalue weighted by molar-refractivity contribution is -0.145.